The van der Waals surface area contributed by atoms with E-state index in [0.717, 1.165) is 22.0 Å². The number of phenolic OH excluding ortho intramolecular Hbond substituents is 1. The van der Waals surface area contributed by atoms with Crippen molar-refractivity contribution in [3.63, 3.8) is 0 Å². The minimum Gasteiger partial charge on any atom is -0.506 e. The molecule has 0 aliphatic carbocycles. The van der Waals surface area contributed by atoms with Gasteiger partial charge in [-0.1, -0.05) is 17.7 Å². The number of aryl methyl sites for hydroxylation is 1. The quantitative estimate of drug-likeness (QED) is 0.522. The Hall–Kier alpha value is -3.26. The van der Waals surface area contributed by atoms with Gasteiger partial charge in [-0.3, -0.25) is 13.6 Å². The number of benzene rings is 1. The zero-order valence-corrected chi connectivity index (χ0v) is 15.2. The van der Waals surface area contributed by atoms with Gasteiger partial charge in [0.05, 0.1) is 17.7 Å². The SMILES string of the molecule is CF.Cc1ccc(O)c(Cl)c1-c1cc2cnc(NC=O)cc2n2cnnc12. The number of amides is 1. The van der Waals surface area contributed by atoms with E-state index in [4.69, 9.17) is 11.6 Å². The molecule has 0 saturated carbocycles. The second-order valence-corrected chi connectivity index (χ2v) is 5.94. The molecule has 0 saturated heterocycles. The smallest absolute Gasteiger partial charge is 0.212 e. The molecule has 7 nitrogen and oxygen atoms in total. The Kier molecular flexibility index (Phi) is 5.18. The molecule has 0 bridgehead atoms. The van der Waals surface area contributed by atoms with Gasteiger partial charge in [0, 0.05) is 28.8 Å². The summed E-state index contributed by atoms with van der Waals surface area (Å²) in [7, 11) is 0.500. The third kappa shape index (κ3) is 3.15. The van der Waals surface area contributed by atoms with E-state index in [1.807, 2.05) is 13.0 Å². The minimum absolute atomic E-state index is 0.00341. The van der Waals surface area contributed by atoms with Crippen molar-refractivity contribution in [3.8, 4) is 16.9 Å². The highest BCUT2D eigenvalue weighted by Gasteiger charge is 2.17. The number of nitrogens with one attached hydrogen (secondary N) is 1. The molecule has 3 aromatic heterocycles. The lowest BCUT2D eigenvalue weighted by Crippen LogP contribution is -1.99. The molecule has 1 aromatic carbocycles. The Morgan fingerprint density at radius 3 is 2.81 bits per heavy atom. The first-order chi connectivity index (χ1) is 13.1. The van der Waals surface area contributed by atoms with Gasteiger partial charge in [-0.15, -0.1) is 10.2 Å². The number of halogens is 2. The van der Waals surface area contributed by atoms with E-state index in [1.165, 1.54) is 0 Å². The highest BCUT2D eigenvalue weighted by atomic mass is 35.5. The van der Waals surface area contributed by atoms with Crippen LogP contribution in [0.25, 0.3) is 27.7 Å². The molecule has 0 spiro atoms. The fourth-order valence-corrected chi connectivity index (χ4v) is 3.22. The monoisotopic (exact) mass is 387 g/mol. The van der Waals surface area contributed by atoms with E-state index < -0.39 is 0 Å². The van der Waals surface area contributed by atoms with Crippen LogP contribution in [0.1, 0.15) is 5.56 Å². The molecule has 4 aromatic rings. The lowest BCUT2D eigenvalue weighted by atomic mass is 9.99. The minimum atomic E-state index is 0.00341. The zero-order valence-electron chi connectivity index (χ0n) is 14.4. The summed E-state index contributed by atoms with van der Waals surface area (Å²) in [6, 6.07) is 6.98. The van der Waals surface area contributed by atoms with Crippen LogP contribution in [0, 0.1) is 6.92 Å². The Labute approximate surface area is 158 Å². The molecule has 0 fully saturated rings. The Morgan fingerprint density at radius 1 is 1.30 bits per heavy atom. The Morgan fingerprint density at radius 2 is 2.07 bits per heavy atom. The van der Waals surface area contributed by atoms with Crippen molar-refractivity contribution >= 4 is 40.4 Å². The van der Waals surface area contributed by atoms with Gasteiger partial charge in [0.1, 0.15) is 17.9 Å². The van der Waals surface area contributed by atoms with E-state index in [2.05, 4.69) is 20.5 Å². The predicted molar refractivity (Wildman–Crippen MR) is 102 cm³/mol. The van der Waals surface area contributed by atoms with E-state index in [-0.39, 0.29) is 10.8 Å². The molecule has 138 valence electrons. The highest BCUT2D eigenvalue weighted by molar-refractivity contribution is 6.35. The summed E-state index contributed by atoms with van der Waals surface area (Å²) in [6.45, 7) is 1.91. The first-order valence-electron chi connectivity index (χ1n) is 7.79. The number of carbonyl (C=O) groups is 1. The van der Waals surface area contributed by atoms with Crippen LogP contribution >= 0.6 is 11.6 Å². The van der Waals surface area contributed by atoms with Crippen molar-refractivity contribution in [1.29, 1.82) is 0 Å². The molecule has 0 atom stereocenters. The van der Waals surface area contributed by atoms with Crippen LogP contribution in [0.15, 0.2) is 36.8 Å². The van der Waals surface area contributed by atoms with Gasteiger partial charge in [0.25, 0.3) is 0 Å². The third-order valence-electron chi connectivity index (χ3n) is 4.07. The molecule has 2 N–H and O–H groups in total. The molecule has 4 rings (SSSR count). The summed E-state index contributed by atoms with van der Waals surface area (Å²) in [4.78, 5) is 14.9. The van der Waals surface area contributed by atoms with Crippen LogP contribution in [0.2, 0.25) is 5.02 Å². The largest absolute Gasteiger partial charge is 0.506 e. The first kappa shape index (κ1) is 18.5. The van der Waals surface area contributed by atoms with Gasteiger partial charge in [-0.25, -0.2) is 4.98 Å². The number of rotatable bonds is 3. The predicted octanol–water partition coefficient (Wildman–Crippen LogP) is 3.77. The van der Waals surface area contributed by atoms with Crippen LogP contribution in [0.4, 0.5) is 10.2 Å². The second-order valence-electron chi connectivity index (χ2n) is 5.56. The maximum absolute atomic E-state index is 10.6. The van der Waals surface area contributed by atoms with Crippen LogP contribution in [-0.4, -0.2) is 38.3 Å². The number of nitrogens with zero attached hydrogens (tertiary/aromatic N) is 4. The van der Waals surface area contributed by atoms with E-state index in [0.29, 0.717) is 30.6 Å². The molecular formula is C18H15ClFN5O2. The van der Waals surface area contributed by atoms with Crippen molar-refractivity contribution in [2.45, 2.75) is 6.92 Å². The maximum atomic E-state index is 10.6. The summed E-state index contributed by atoms with van der Waals surface area (Å²) in [5, 5.41) is 21.8. The van der Waals surface area contributed by atoms with Gasteiger partial charge in [0.15, 0.2) is 5.65 Å². The average Bonchev–Trinajstić information content (AvgIpc) is 3.17. The summed E-state index contributed by atoms with van der Waals surface area (Å²) >= 11 is 6.35. The Bertz CT molecular complexity index is 1150. The van der Waals surface area contributed by atoms with Gasteiger partial charge in [0.2, 0.25) is 6.41 Å². The van der Waals surface area contributed by atoms with E-state index in [9.17, 15) is 14.3 Å². The van der Waals surface area contributed by atoms with Gasteiger partial charge < -0.3 is 10.4 Å². The van der Waals surface area contributed by atoms with Crippen molar-refractivity contribution in [1.82, 2.24) is 19.6 Å². The van der Waals surface area contributed by atoms with Crippen LogP contribution in [0.5, 0.6) is 5.75 Å². The topological polar surface area (TPSA) is 92.4 Å². The van der Waals surface area contributed by atoms with Gasteiger partial charge in [-0.2, -0.15) is 0 Å². The molecule has 0 unspecified atom stereocenters. The average molecular weight is 388 g/mol. The summed E-state index contributed by atoms with van der Waals surface area (Å²) in [5.41, 5.74) is 3.71. The Balaban J connectivity index is 0.00000102. The van der Waals surface area contributed by atoms with Gasteiger partial charge >= 0.3 is 0 Å². The standard InChI is InChI=1S/C17H12ClN5O2.CH3F/c1-9-2-3-13(25)16(18)15(9)11-4-10-6-19-14(20-8-24)5-12(10)23-7-21-22-17(11)23;1-2/h2-8,25H,1H3,(H,19,20,24);1H3. The summed E-state index contributed by atoms with van der Waals surface area (Å²) in [6.07, 6.45) is 3.80. The highest BCUT2D eigenvalue weighted by Crippen LogP contribution is 2.40. The summed E-state index contributed by atoms with van der Waals surface area (Å²) < 4.78 is 11.3. The number of aromatic nitrogens is 4. The number of aromatic hydroxyl groups is 1. The maximum Gasteiger partial charge on any atom is 0.212 e. The first-order valence-corrected chi connectivity index (χ1v) is 8.17. The van der Waals surface area contributed by atoms with Crippen molar-refractivity contribution in [2.75, 3.05) is 12.5 Å². The fourth-order valence-electron chi connectivity index (χ4n) is 2.91. The lowest BCUT2D eigenvalue weighted by molar-refractivity contribution is -0.105. The zero-order chi connectivity index (χ0) is 19.6. The number of hydrogen-bond donors (Lipinski definition) is 2. The molecule has 0 aliphatic rings. The number of phenols is 1. The number of fused-ring (bicyclic) bond motifs is 3. The second kappa shape index (κ2) is 7.55. The number of alkyl halides is 1. The molecule has 3 heterocycles. The normalized spacial score (nSPS) is 10.5. The molecule has 9 heteroatoms. The van der Waals surface area contributed by atoms with Crippen molar-refractivity contribution in [2.24, 2.45) is 0 Å². The van der Waals surface area contributed by atoms with Gasteiger partial charge in [-0.05, 0) is 24.6 Å². The van der Waals surface area contributed by atoms with E-state index in [1.54, 1.807) is 35.1 Å². The molecule has 0 radical (unpaired) electrons. The van der Waals surface area contributed by atoms with E-state index >= 15 is 0 Å². The number of hydrogen-bond acceptors (Lipinski definition) is 5. The number of carbonyl (C=O) groups excluding carboxylic acids is 1. The van der Waals surface area contributed by atoms with Crippen molar-refractivity contribution in [3.05, 3.63) is 47.4 Å². The molecule has 0 aliphatic heterocycles. The molecule has 1 amide bonds. The van der Waals surface area contributed by atoms with Crippen LogP contribution < -0.4 is 5.32 Å². The molecule has 27 heavy (non-hydrogen) atoms. The van der Waals surface area contributed by atoms with Crippen LogP contribution in [0.3, 0.4) is 0 Å². The van der Waals surface area contributed by atoms with Crippen LogP contribution in [-0.2, 0) is 4.79 Å². The fraction of sp³-hybridized carbons (Fsp3) is 0.111. The number of pyridine rings is 2. The number of anilines is 1. The third-order valence-corrected chi connectivity index (χ3v) is 4.45. The lowest BCUT2D eigenvalue weighted by Gasteiger charge is -2.13. The molecular weight excluding hydrogens is 373 g/mol. The summed E-state index contributed by atoms with van der Waals surface area (Å²) in [5.74, 6) is 0.431. The van der Waals surface area contributed by atoms with Crippen molar-refractivity contribution < 1.29 is 14.3 Å².